The molecule has 1 aliphatic rings. The second-order valence-electron chi connectivity index (χ2n) is 5.54. The van der Waals surface area contributed by atoms with E-state index in [0.717, 1.165) is 12.8 Å². The van der Waals surface area contributed by atoms with Crippen molar-refractivity contribution in [1.29, 1.82) is 0 Å². The number of nitrogens with zero attached hydrogens (tertiary/aromatic N) is 3. The van der Waals surface area contributed by atoms with Crippen molar-refractivity contribution in [2.24, 2.45) is 0 Å². The Morgan fingerprint density at radius 1 is 1.22 bits per heavy atom. The zero-order valence-electron chi connectivity index (χ0n) is 12.0. The third kappa shape index (κ3) is 2.66. The molecule has 4 rings (SSSR count). The predicted molar refractivity (Wildman–Crippen MR) is 83.4 cm³/mol. The maximum absolute atomic E-state index is 12.3. The van der Waals surface area contributed by atoms with Gasteiger partial charge >= 0.3 is 6.01 Å². The first-order chi connectivity index (χ1) is 11.0. The summed E-state index contributed by atoms with van der Waals surface area (Å²) in [5.41, 5.74) is 2.09. The van der Waals surface area contributed by atoms with Crippen LogP contribution in [0.1, 0.15) is 12.8 Å². The summed E-state index contributed by atoms with van der Waals surface area (Å²) in [5.74, 6) is 0. The fourth-order valence-corrected chi connectivity index (χ4v) is 3.77. The minimum absolute atomic E-state index is 0.0578. The van der Waals surface area contributed by atoms with Crippen molar-refractivity contribution in [3.63, 3.8) is 0 Å². The van der Waals surface area contributed by atoms with Gasteiger partial charge in [-0.25, -0.2) is 22.6 Å². The molecular formula is C15H14N4O3S. The number of hydrogen-bond acceptors (Lipinski definition) is 5. The van der Waals surface area contributed by atoms with E-state index in [1.165, 1.54) is 10.7 Å². The number of aromatic hydroxyl groups is 1. The highest BCUT2D eigenvalue weighted by atomic mass is 32.2. The van der Waals surface area contributed by atoms with Gasteiger partial charge in [-0.1, -0.05) is 12.1 Å². The van der Waals surface area contributed by atoms with Gasteiger partial charge in [-0.15, -0.1) is 5.10 Å². The van der Waals surface area contributed by atoms with Crippen LogP contribution in [-0.4, -0.2) is 34.2 Å². The number of fused-ring (bicyclic) bond motifs is 1. The summed E-state index contributed by atoms with van der Waals surface area (Å²) in [6.45, 7) is 0. The molecule has 1 saturated carbocycles. The summed E-state index contributed by atoms with van der Waals surface area (Å²) in [4.78, 5) is 3.95. The summed E-state index contributed by atoms with van der Waals surface area (Å²) in [6.07, 6.45) is 3.28. The Morgan fingerprint density at radius 3 is 2.83 bits per heavy atom. The molecule has 1 aromatic carbocycles. The van der Waals surface area contributed by atoms with E-state index < -0.39 is 10.0 Å². The van der Waals surface area contributed by atoms with Crippen molar-refractivity contribution >= 4 is 15.5 Å². The van der Waals surface area contributed by atoms with E-state index >= 15 is 0 Å². The largest absolute Gasteiger partial charge is 0.478 e. The maximum Gasteiger partial charge on any atom is 0.331 e. The lowest BCUT2D eigenvalue weighted by atomic mass is 10.2. The molecule has 0 saturated heterocycles. The van der Waals surface area contributed by atoms with Crippen LogP contribution in [0.2, 0.25) is 0 Å². The van der Waals surface area contributed by atoms with Crippen LogP contribution in [0.3, 0.4) is 0 Å². The van der Waals surface area contributed by atoms with Crippen molar-refractivity contribution < 1.29 is 13.5 Å². The van der Waals surface area contributed by atoms with E-state index in [4.69, 9.17) is 0 Å². The Morgan fingerprint density at radius 2 is 2.04 bits per heavy atom. The number of nitrogens with one attached hydrogen (secondary N) is 1. The van der Waals surface area contributed by atoms with Gasteiger partial charge in [0, 0.05) is 11.6 Å². The Bertz CT molecular complexity index is 993. The van der Waals surface area contributed by atoms with Gasteiger partial charge in [-0.3, -0.25) is 0 Å². The fourth-order valence-electron chi connectivity index (χ4n) is 2.42. The first-order valence-electron chi connectivity index (χ1n) is 7.19. The number of sulfonamides is 1. The SMILES string of the molecule is O=S(=O)(NC1CC1)c1cccc(-c2ccc3cnc(O)nn23)c1. The van der Waals surface area contributed by atoms with Gasteiger partial charge in [0.2, 0.25) is 10.0 Å². The number of benzene rings is 1. The highest BCUT2D eigenvalue weighted by molar-refractivity contribution is 7.89. The summed E-state index contributed by atoms with van der Waals surface area (Å²) in [5, 5.41) is 13.4. The molecule has 0 amide bonds. The molecule has 0 spiro atoms. The van der Waals surface area contributed by atoms with Gasteiger partial charge in [-0.05, 0) is 37.1 Å². The molecule has 3 aromatic rings. The predicted octanol–water partition coefficient (Wildman–Crippen LogP) is 1.54. The van der Waals surface area contributed by atoms with Crippen LogP contribution < -0.4 is 4.72 Å². The van der Waals surface area contributed by atoms with Crippen LogP contribution >= 0.6 is 0 Å². The van der Waals surface area contributed by atoms with Gasteiger partial charge in [0.15, 0.2) is 0 Å². The van der Waals surface area contributed by atoms with Gasteiger partial charge in [0.05, 0.1) is 22.3 Å². The van der Waals surface area contributed by atoms with Crippen LogP contribution in [0.4, 0.5) is 0 Å². The van der Waals surface area contributed by atoms with Gasteiger partial charge in [0.25, 0.3) is 0 Å². The number of aromatic nitrogens is 3. The van der Waals surface area contributed by atoms with Crippen LogP contribution in [-0.2, 0) is 10.0 Å². The van der Waals surface area contributed by atoms with Crippen LogP contribution in [0.15, 0.2) is 47.5 Å². The van der Waals surface area contributed by atoms with Crippen LogP contribution in [0, 0.1) is 0 Å². The van der Waals surface area contributed by atoms with Crippen molar-refractivity contribution in [1.82, 2.24) is 19.3 Å². The maximum atomic E-state index is 12.3. The summed E-state index contributed by atoms with van der Waals surface area (Å²) < 4.78 is 28.9. The third-order valence-electron chi connectivity index (χ3n) is 3.73. The molecule has 0 unspecified atom stereocenters. The number of rotatable bonds is 4. The molecule has 2 aromatic heterocycles. The minimum Gasteiger partial charge on any atom is -0.478 e. The van der Waals surface area contributed by atoms with Gasteiger partial charge in [-0.2, -0.15) is 0 Å². The summed E-state index contributed by atoms with van der Waals surface area (Å²) in [7, 11) is -3.51. The summed E-state index contributed by atoms with van der Waals surface area (Å²) in [6, 6.07) is 10.00. The van der Waals surface area contributed by atoms with Crippen molar-refractivity contribution in [2.45, 2.75) is 23.8 Å². The van der Waals surface area contributed by atoms with Gasteiger partial charge in [0.1, 0.15) is 0 Å². The lowest BCUT2D eigenvalue weighted by Gasteiger charge is -2.08. The van der Waals surface area contributed by atoms with Crippen molar-refractivity contribution in [2.75, 3.05) is 0 Å². The van der Waals surface area contributed by atoms with E-state index in [9.17, 15) is 13.5 Å². The topological polar surface area (TPSA) is 96.6 Å². The third-order valence-corrected chi connectivity index (χ3v) is 5.24. The Hall–Kier alpha value is -2.45. The van der Waals surface area contributed by atoms with E-state index in [1.54, 1.807) is 30.3 Å². The lowest BCUT2D eigenvalue weighted by molar-refractivity contribution is 0.419. The normalized spacial score (nSPS) is 15.1. The molecule has 1 fully saturated rings. The summed E-state index contributed by atoms with van der Waals surface area (Å²) >= 11 is 0. The lowest BCUT2D eigenvalue weighted by Crippen LogP contribution is -2.25. The standard InChI is InChI=1S/C15H14N4O3S/c20-15-16-9-12-6-7-14(19(12)17-15)10-2-1-3-13(8-10)23(21,22)18-11-4-5-11/h1-3,6-9,11,18H,4-5H2,(H,17,20). The van der Waals surface area contributed by atoms with Crippen LogP contribution in [0.5, 0.6) is 6.01 Å². The highest BCUT2D eigenvalue weighted by Crippen LogP contribution is 2.26. The average molecular weight is 330 g/mol. The van der Waals surface area contributed by atoms with Crippen molar-refractivity contribution in [3.8, 4) is 17.3 Å². The zero-order valence-corrected chi connectivity index (χ0v) is 12.9. The smallest absolute Gasteiger partial charge is 0.331 e. The Labute approximate surface area is 132 Å². The van der Waals surface area contributed by atoms with E-state index in [1.807, 2.05) is 6.07 Å². The molecule has 0 radical (unpaired) electrons. The van der Waals surface area contributed by atoms with E-state index in [-0.39, 0.29) is 16.9 Å². The second-order valence-corrected chi connectivity index (χ2v) is 7.25. The first kappa shape index (κ1) is 14.2. The van der Waals surface area contributed by atoms with E-state index in [0.29, 0.717) is 16.8 Å². The zero-order chi connectivity index (χ0) is 16.0. The molecule has 2 N–H and O–H groups in total. The molecule has 23 heavy (non-hydrogen) atoms. The molecule has 1 aliphatic carbocycles. The van der Waals surface area contributed by atoms with E-state index in [2.05, 4.69) is 14.8 Å². The molecule has 118 valence electrons. The van der Waals surface area contributed by atoms with Crippen LogP contribution in [0.25, 0.3) is 16.8 Å². The molecule has 0 bridgehead atoms. The molecule has 2 heterocycles. The minimum atomic E-state index is -3.51. The Balaban J connectivity index is 1.79. The fraction of sp³-hybridized carbons (Fsp3) is 0.200. The molecular weight excluding hydrogens is 316 g/mol. The molecule has 7 nitrogen and oxygen atoms in total. The van der Waals surface area contributed by atoms with Crippen molar-refractivity contribution in [3.05, 3.63) is 42.6 Å². The monoisotopic (exact) mass is 330 g/mol. The molecule has 8 heteroatoms. The first-order valence-corrected chi connectivity index (χ1v) is 8.68. The quantitative estimate of drug-likeness (QED) is 0.756. The molecule has 0 aliphatic heterocycles. The second kappa shape index (κ2) is 5.04. The number of hydrogen-bond donors (Lipinski definition) is 2. The molecule has 0 atom stereocenters. The van der Waals surface area contributed by atoms with Gasteiger partial charge < -0.3 is 5.11 Å². The Kier molecular flexibility index (Phi) is 3.10. The highest BCUT2D eigenvalue weighted by Gasteiger charge is 2.28. The average Bonchev–Trinajstić information content (AvgIpc) is 3.23.